The fourth-order valence-corrected chi connectivity index (χ4v) is 4.14. The summed E-state index contributed by atoms with van der Waals surface area (Å²) in [6, 6.07) is 1.87. The molecule has 1 saturated carbocycles. The van der Waals surface area contributed by atoms with E-state index in [0.29, 0.717) is 6.61 Å². The molecule has 2 aliphatic rings. The highest BCUT2D eigenvalue weighted by Gasteiger charge is 2.56. The van der Waals surface area contributed by atoms with E-state index in [-0.39, 0.29) is 23.5 Å². The van der Waals surface area contributed by atoms with Gasteiger partial charge in [0, 0.05) is 36.9 Å². The smallest absolute Gasteiger partial charge is 0.254 e. The minimum atomic E-state index is -0.266. The van der Waals surface area contributed by atoms with Gasteiger partial charge in [-0.2, -0.15) is 11.3 Å². The molecule has 1 aromatic rings. The van der Waals surface area contributed by atoms with Crippen molar-refractivity contribution in [2.75, 3.05) is 19.7 Å². The van der Waals surface area contributed by atoms with E-state index in [1.165, 1.54) is 0 Å². The number of aliphatic hydroxyl groups excluding tert-OH is 1. The average Bonchev–Trinajstić information content (AvgIpc) is 3.01. The molecule has 2 unspecified atom stereocenters. The Balaban J connectivity index is 1.63. The molecule has 1 amide bonds. The zero-order valence-corrected chi connectivity index (χ0v) is 12.6. The lowest BCUT2D eigenvalue weighted by atomic mass is 9.58. The molecule has 20 heavy (non-hydrogen) atoms. The number of rotatable bonds is 3. The molecule has 1 N–H and O–H groups in total. The van der Waals surface area contributed by atoms with Crippen LogP contribution in [-0.4, -0.2) is 47.8 Å². The van der Waals surface area contributed by atoms with Gasteiger partial charge in [0.2, 0.25) is 0 Å². The second-order valence-corrected chi connectivity index (χ2v) is 6.51. The van der Waals surface area contributed by atoms with Crippen molar-refractivity contribution in [1.29, 1.82) is 0 Å². The van der Waals surface area contributed by atoms with Crippen LogP contribution < -0.4 is 0 Å². The fraction of sp³-hybridized carbons (Fsp3) is 0.667. The van der Waals surface area contributed by atoms with E-state index in [2.05, 4.69) is 0 Å². The number of hydrogen-bond donors (Lipinski definition) is 1. The summed E-state index contributed by atoms with van der Waals surface area (Å²) in [6.45, 7) is 4.12. The third kappa shape index (κ3) is 2.18. The molecule has 1 aromatic heterocycles. The van der Waals surface area contributed by atoms with Gasteiger partial charge in [0.25, 0.3) is 5.91 Å². The minimum Gasteiger partial charge on any atom is -0.392 e. The first kappa shape index (κ1) is 14.0. The Morgan fingerprint density at radius 2 is 2.30 bits per heavy atom. The number of nitrogens with zero attached hydrogens (tertiary/aromatic N) is 1. The van der Waals surface area contributed by atoms with Crippen LogP contribution in [0, 0.1) is 5.41 Å². The molecule has 2 atom stereocenters. The monoisotopic (exact) mass is 295 g/mol. The van der Waals surface area contributed by atoms with Crippen LogP contribution in [0.15, 0.2) is 16.8 Å². The number of aliphatic hydroxyl groups is 1. The maximum absolute atomic E-state index is 12.3. The van der Waals surface area contributed by atoms with Crippen molar-refractivity contribution in [2.24, 2.45) is 5.41 Å². The van der Waals surface area contributed by atoms with Crippen LogP contribution in [-0.2, 0) is 4.74 Å². The predicted octanol–water partition coefficient (Wildman–Crippen LogP) is 2.14. The van der Waals surface area contributed by atoms with E-state index in [0.717, 1.165) is 37.9 Å². The van der Waals surface area contributed by atoms with E-state index in [4.69, 9.17) is 4.74 Å². The minimum absolute atomic E-state index is 0.110. The first-order chi connectivity index (χ1) is 9.67. The summed E-state index contributed by atoms with van der Waals surface area (Å²) < 4.78 is 5.75. The van der Waals surface area contributed by atoms with Crippen molar-refractivity contribution in [3.05, 3.63) is 22.4 Å². The Labute approximate surface area is 123 Å². The zero-order valence-electron chi connectivity index (χ0n) is 11.7. The number of thiophene rings is 1. The number of piperidine rings is 1. The van der Waals surface area contributed by atoms with E-state index in [1.807, 2.05) is 28.7 Å². The number of ether oxygens (including phenoxy) is 1. The van der Waals surface area contributed by atoms with E-state index in [9.17, 15) is 9.90 Å². The van der Waals surface area contributed by atoms with Gasteiger partial charge in [-0.15, -0.1) is 0 Å². The number of amides is 1. The van der Waals surface area contributed by atoms with Gasteiger partial charge in [-0.1, -0.05) is 0 Å². The summed E-state index contributed by atoms with van der Waals surface area (Å²) in [5, 5.41) is 14.0. The Hall–Kier alpha value is -0.910. The lowest BCUT2D eigenvalue weighted by Gasteiger charge is -2.56. The van der Waals surface area contributed by atoms with Crippen LogP contribution in [0.5, 0.6) is 0 Å². The van der Waals surface area contributed by atoms with Crippen LogP contribution in [0.4, 0.5) is 0 Å². The van der Waals surface area contributed by atoms with Crippen molar-refractivity contribution in [3.8, 4) is 0 Å². The summed E-state index contributed by atoms with van der Waals surface area (Å²) in [7, 11) is 0. The molecule has 3 rings (SSSR count). The third-order valence-electron chi connectivity index (χ3n) is 4.86. The second-order valence-electron chi connectivity index (χ2n) is 5.73. The van der Waals surface area contributed by atoms with Crippen molar-refractivity contribution in [3.63, 3.8) is 0 Å². The molecule has 0 aromatic carbocycles. The lowest BCUT2D eigenvalue weighted by Crippen LogP contribution is -2.62. The summed E-state index contributed by atoms with van der Waals surface area (Å²) in [5.74, 6) is 0.114. The molecule has 1 aliphatic carbocycles. The van der Waals surface area contributed by atoms with Gasteiger partial charge in [-0.05, 0) is 31.2 Å². The van der Waals surface area contributed by atoms with E-state index < -0.39 is 0 Å². The highest BCUT2D eigenvalue weighted by Crippen LogP contribution is 2.51. The summed E-state index contributed by atoms with van der Waals surface area (Å²) in [4.78, 5) is 14.2. The topological polar surface area (TPSA) is 49.8 Å². The molecule has 2 heterocycles. The molecule has 0 bridgehead atoms. The normalized spacial score (nSPS) is 28.4. The second kappa shape index (κ2) is 5.47. The molecule has 2 fully saturated rings. The summed E-state index contributed by atoms with van der Waals surface area (Å²) in [6.07, 6.45) is 2.33. The SMILES string of the molecule is CCOC1CC(O)C12CCN(C(=O)c1ccsc1)CC2. The standard InChI is InChI=1S/C15H21NO3S/c1-2-19-13-9-12(17)15(13)4-6-16(7-5-15)14(18)11-3-8-20-10-11/h3,8,10,12-13,17H,2,4-7,9H2,1H3. The van der Waals surface area contributed by atoms with Crippen molar-refractivity contribution in [2.45, 2.75) is 38.4 Å². The van der Waals surface area contributed by atoms with Gasteiger partial charge in [0.1, 0.15) is 0 Å². The fourth-order valence-electron chi connectivity index (χ4n) is 3.51. The first-order valence-corrected chi connectivity index (χ1v) is 8.23. The highest BCUT2D eigenvalue weighted by molar-refractivity contribution is 7.08. The Morgan fingerprint density at radius 1 is 1.55 bits per heavy atom. The molecule has 0 radical (unpaired) electrons. The number of likely N-dealkylation sites (tertiary alicyclic amines) is 1. The zero-order chi connectivity index (χ0) is 14.2. The molecule has 4 nitrogen and oxygen atoms in total. The molecule has 1 saturated heterocycles. The maximum Gasteiger partial charge on any atom is 0.254 e. The number of hydrogen-bond acceptors (Lipinski definition) is 4. The van der Waals surface area contributed by atoms with Crippen molar-refractivity contribution < 1.29 is 14.6 Å². The third-order valence-corrected chi connectivity index (χ3v) is 5.54. The molecular formula is C15H21NO3S. The van der Waals surface area contributed by atoms with E-state index >= 15 is 0 Å². The van der Waals surface area contributed by atoms with Gasteiger partial charge in [0.15, 0.2) is 0 Å². The Kier molecular flexibility index (Phi) is 3.84. The van der Waals surface area contributed by atoms with Crippen LogP contribution >= 0.6 is 11.3 Å². The average molecular weight is 295 g/mol. The van der Waals surface area contributed by atoms with Crippen molar-refractivity contribution in [1.82, 2.24) is 4.90 Å². The lowest BCUT2D eigenvalue weighted by molar-refractivity contribution is -0.207. The summed E-state index contributed by atoms with van der Waals surface area (Å²) >= 11 is 1.55. The molecule has 1 aliphatic heterocycles. The van der Waals surface area contributed by atoms with Crippen LogP contribution in [0.1, 0.15) is 36.5 Å². The quantitative estimate of drug-likeness (QED) is 0.929. The first-order valence-electron chi connectivity index (χ1n) is 7.28. The summed E-state index contributed by atoms with van der Waals surface area (Å²) in [5.41, 5.74) is 0.669. The Morgan fingerprint density at radius 3 is 2.85 bits per heavy atom. The van der Waals surface area contributed by atoms with Crippen molar-refractivity contribution >= 4 is 17.2 Å². The number of carbonyl (C=O) groups excluding carboxylic acids is 1. The van der Waals surface area contributed by atoms with Crippen LogP contribution in [0.25, 0.3) is 0 Å². The predicted molar refractivity (Wildman–Crippen MR) is 77.9 cm³/mol. The molecule has 1 spiro atoms. The van der Waals surface area contributed by atoms with Crippen LogP contribution in [0.2, 0.25) is 0 Å². The largest absolute Gasteiger partial charge is 0.392 e. The number of carbonyl (C=O) groups is 1. The molecular weight excluding hydrogens is 274 g/mol. The van der Waals surface area contributed by atoms with Gasteiger partial charge in [-0.3, -0.25) is 4.79 Å². The van der Waals surface area contributed by atoms with Gasteiger partial charge in [-0.25, -0.2) is 0 Å². The molecule has 110 valence electrons. The van der Waals surface area contributed by atoms with E-state index in [1.54, 1.807) is 11.3 Å². The van der Waals surface area contributed by atoms with Gasteiger partial charge < -0.3 is 14.7 Å². The highest BCUT2D eigenvalue weighted by atomic mass is 32.1. The van der Waals surface area contributed by atoms with Gasteiger partial charge in [0.05, 0.1) is 17.8 Å². The van der Waals surface area contributed by atoms with Crippen LogP contribution in [0.3, 0.4) is 0 Å². The Bertz CT molecular complexity index is 463. The maximum atomic E-state index is 12.3. The molecule has 5 heteroatoms. The van der Waals surface area contributed by atoms with Gasteiger partial charge >= 0.3 is 0 Å².